The molecule has 0 bridgehead atoms. The molecule has 1 saturated carbocycles. The largest absolute Gasteiger partial charge is 0.313 e. The SMILES string of the molecule is CCCNC(C(C)C)C(C)C1CCCCC1. The van der Waals surface area contributed by atoms with E-state index in [-0.39, 0.29) is 0 Å². The molecule has 1 heteroatoms. The molecule has 0 aromatic carbocycles. The third-order valence-electron chi connectivity index (χ3n) is 4.31. The predicted molar refractivity (Wildman–Crippen MR) is 72.7 cm³/mol. The summed E-state index contributed by atoms with van der Waals surface area (Å²) in [6.07, 6.45) is 8.59. The fraction of sp³-hybridized carbons (Fsp3) is 1.00. The molecule has 0 saturated heterocycles. The monoisotopic (exact) mass is 225 g/mol. The van der Waals surface area contributed by atoms with Crippen molar-refractivity contribution in [2.24, 2.45) is 17.8 Å². The Morgan fingerprint density at radius 3 is 2.19 bits per heavy atom. The second-order valence-electron chi connectivity index (χ2n) is 5.98. The summed E-state index contributed by atoms with van der Waals surface area (Å²) in [7, 11) is 0. The summed E-state index contributed by atoms with van der Waals surface area (Å²) < 4.78 is 0. The summed E-state index contributed by atoms with van der Waals surface area (Å²) in [5.41, 5.74) is 0. The van der Waals surface area contributed by atoms with Gasteiger partial charge in [0.1, 0.15) is 0 Å². The number of hydrogen-bond donors (Lipinski definition) is 1. The first-order valence-electron chi connectivity index (χ1n) is 7.40. The lowest BCUT2D eigenvalue weighted by Gasteiger charge is -2.36. The molecule has 2 unspecified atom stereocenters. The summed E-state index contributed by atoms with van der Waals surface area (Å²) in [5.74, 6) is 2.60. The lowest BCUT2D eigenvalue weighted by Crippen LogP contribution is -2.43. The molecule has 0 spiro atoms. The first-order valence-corrected chi connectivity index (χ1v) is 7.40. The second-order valence-corrected chi connectivity index (χ2v) is 5.98. The molecule has 2 atom stereocenters. The molecule has 1 rings (SSSR count). The van der Waals surface area contributed by atoms with Crippen LogP contribution in [0.15, 0.2) is 0 Å². The molecule has 0 aromatic rings. The van der Waals surface area contributed by atoms with E-state index >= 15 is 0 Å². The minimum atomic E-state index is 0.725. The van der Waals surface area contributed by atoms with Crippen molar-refractivity contribution in [2.75, 3.05) is 6.54 Å². The topological polar surface area (TPSA) is 12.0 Å². The Labute approximate surface area is 102 Å². The average molecular weight is 225 g/mol. The van der Waals surface area contributed by atoms with Crippen LogP contribution >= 0.6 is 0 Å². The number of nitrogens with one attached hydrogen (secondary N) is 1. The van der Waals surface area contributed by atoms with E-state index in [1.807, 2.05) is 0 Å². The van der Waals surface area contributed by atoms with Crippen molar-refractivity contribution >= 4 is 0 Å². The maximum absolute atomic E-state index is 3.77. The molecular weight excluding hydrogens is 194 g/mol. The molecule has 1 aliphatic rings. The summed E-state index contributed by atoms with van der Waals surface area (Å²) in [6, 6.07) is 0.725. The predicted octanol–water partition coefficient (Wildman–Crippen LogP) is 4.23. The first kappa shape index (κ1) is 14.0. The molecule has 96 valence electrons. The van der Waals surface area contributed by atoms with Gasteiger partial charge >= 0.3 is 0 Å². The highest BCUT2D eigenvalue weighted by molar-refractivity contribution is 4.83. The number of hydrogen-bond acceptors (Lipinski definition) is 1. The molecule has 1 fully saturated rings. The van der Waals surface area contributed by atoms with Gasteiger partial charge in [0.15, 0.2) is 0 Å². The van der Waals surface area contributed by atoms with Crippen LogP contribution in [0.4, 0.5) is 0 Å². The van der Waals surface area contributed by atoms with E-state index in [0.717, 1.165) is 23.8 Å². The van der Waals surface area contributed by atoms with Gasteiger partial charge in [-0.1, -0.05) is 59.8 Å². The summed E-state index contributed by atoms with van der Waals surface area (Å²) in [6.45, 7) is 10.7. The fourth-order valence-electron chi connectivity index (χ4n) is 3.29. The van der Waals surface area contributed by atoms with E-state index < -0.39 is 0 Å². The smallest absolute Gasteiger partial charge is 0.0118 e. The Bertz CT molecular complexity index is 170. The Morgan fingerprint density at radius 1 is 1.06 bits per heavy atom. The molecule has 1 nitrogen and oxygen atoms in total. The van der Waals surface area contributed by atoms with E-state index in [1.165, 1.54) is 45.1 Å². The maximum atomic E-state index is 3.77. The highest BCUT2D eigenvalue weighted by atomic mass is 14.9. The standard InChI is InChI=1S/C15H31N/c1-5-11-16-15(12(2)3)13(4)14-9-7-6-8-10-14/h12-16H,5-11H2,1-4H3. The van der Waals surface area contributed by atoms with E-state index in [0.29, 0.717) is 0 Å². The van der Waals surface area contributed by atoms with Gasteiger partial charge in [-0.25, -0.2) is 0 Å². The minimum absolute atomic E-state index is 0.725. The van der Waals surface area contributed by atoms with E-state index in [4.69, 9.17) is 0 Å². The highest BCUT2D eigenvalue weighted by Gasteiger charge is 2.28. The molecule has 16 heavy (non-hydrogen) atoms. The Balaban J connectivity index is 2.47. The minimum Gasteiger partial charge on any atom is -0.313 e. The van der Waals surface area contributed by atoms with Crippen LogP contribution in [0.3, 0.4) is 0 Å². The van der Waals surface area contributed by atoms with Crippen LogP contribution in [0.2, 0.25) is 0 Å². The summed E-state index contributed by atoms with van der Waals surface area (Å²) >= 11 is 0. The van der Waals surface area contributed by atoms with E-state index in [1.54, 1.807) is 0 Å². The van der Waals surface area contributed by atoms with Crippen molar-refractivity contribution < 1.29 is 0 Å². The van der Waals surface area contributed by atoms with Crippen molar-refractivity contribution in [1.29, 1.82) is 0 Å². The molecule has 1 aliphatic carbocycles. The van der Waals surface area contributed by atoms with E-state index in [2.05, 4.69) is 33.0 Å². The maximum Gasteiger partial charge on any atom is 0.0118 e. The quantitative estimate of drug-likeness (QED) is 0.713. The third-order valence-corrected chi connectivity index (χ3v) is 4.31. The zero-order valence-corrected chi connectivity index (χ0v) is 11.8. The van der Waals surface area contributed by atoms with Crippen LogP contribution in [0.25, 0.3) is 0 Å². The van der Waals surface area contributed by atoms with Gasteiger partial charge in [-0.3, -0.25) is 0 Å². The van der Waals surface area contributed by atoms with Crippen LogP contribution in [-0.4, -0.2) is 12.6 Å². The van der Waals surface area contributed by atoms with Gasteiger partial charge in [0, 0.05) is 6.04 Å². The van der Waals surface area contributed by atoms with Crippen LogP contribution in [0, 0.1) is 17.8 Å². The molecule has 0 aromatic heterocycles. The second kappa shape index (κ2) is 7.32. The molecule has 0 radical (unpaired) electrons. The average Bonchev–Trinajstić information content (AvgIpc) is 2.30. The van der Waals surface area contributed by atoms with Crippen molar-refractivity contribution in [3.8, 4) is 0 Å². The first-order chi connectivity index (χ1) is 7.66. The molecule has 0 amide bonds. The Kier molecular flexibility index (Phi) is 6.41. The van der Waals surface area contributed by atoms with E-state index in [9.17, 15) is 0 Å². The van der Waals surface area contributed by atoms with Gasteiger partial charge in [-0.05, 0) is 30.7 Å². The van der Waals surface area contributed by atoms with Crippen LogP contribution in [-0.2, 0) is 0 Å². The summed E-state index contributed by atoms with van der Waals surface area (Å²) in [4.78, 5) is 0. The third kappa shape index (κ3) is 4.08. The van der Waals surface area contributed by atoms with Gasteiger partial charge in [0.2, 0.25) is 0 Å². The zero-order valence-electron chi connectivity index (χ0n) is 11.8. The Hall–Kier alpha value is -0.0400. The van der Waals surface area contributed by atoms with Crippen molar-refractivity contribution in [3.05, 3.63) is 0 Å². The molecule has 0 aliphatic heterocycles. The van der Waals surface area contributed by atoms with Gasteiger partial charge in [-0.2, -0.15) is 0 Å². The molecule has 0 heterocycles. The van der Waals surface area contributed by atoms with Crippen molar-refractivity contribution in [3.63, 3.8) is 0 Å². The van der Waals surface area contributed by atoms with Gasteiger partial charge < -0.3 is 5.32 Å². The van der Waals surface area contributed by atoms with Gasteiger partial charge in [-0.15, -0.1) is 0 Å². The van der Waals surface area contributed by atoms with Crippen molar-refractivity contribution in [2.45, 2.75) is 72.3 Å². The van der Waals surface area contributed by atoms with Gasteiger partial charge in [0.25, 0.3) is 0 Å². The fourth-order valence-corrected chi connectivity index (χ4v) is 3.29. The molecule has 1 N–H and O–H groups in total. The van der Waals surface area contributed by atoms with Crippen LogP contribution in [0.5, 0.6) is 0 Å². The lowest BCUT2D eigenvalue weighted by atomic mass is 9.75. The Morgan fingerprint density at radius 2 is 1.69 bits per heavy atom. The summed E-state index contributed by atoms with van der Waals surface area (Å²) in [5, 5.41) is 3.77. The lowest BCUT2D eigenvalue weighted by molar-refractivity contribution is 0.181. The zero-order chi connectivity index (χ0) is 12.0. The molecular formula is C15H31N. The highest BCUT2D eigenvalue weighted by Crippen LogP contribution is 2.33. The normalized spacial score (nSPS) is 22.3. The van der Waals surface area contributed by atoms with Gasteiger partial charge in [0.05, 0.1) is 0 Å². The number of rotatable bonds is 6. The van der Waals surface area contributed by atoms with Crippen LogP contribution in [0.1, 0.15) is 66.2 Å². The van der Waals surface area contributed by atoms with Crippen molar-refractivity contribution in [1.82, 2.24) is 5.32 Å². The van der Waals surface area contributed by atoms with Crippen LogP contribution < -0.4 is 5.32 Å².